The van der Waals surface area contributed by atoms with Crippen LogP contribution in [-0.4, -0.2) is 8.42 Å². The Balaban J connectivity index is 1.88. The van der Waals surface area contributed by atoms with Crippen LogP contribution >= 0.6 is 58.0 Å². The summed E-state index contributed by atoms with van der Waals surface area (Å²) in [7, 11) is -4.23. The molecule has 0 atom stereocenters. The van der Waals surface area contributed by atoms with Crippen molar-refractivity contribution >= 4 is 73.7 Å². The Kier molecular flexibility index (Phi) is 7.34. The number of hydrogen-bond donors (Lipinski definition) is 1. The topological polar surface area (TPSA) is 55.4 Å². The second kappa shape index (κ2) is 9.37. The van der Waals surface area contributed by atoms with Gasteiger partial charge in [0.25, 0.3) is 10.0 Å². The molecule has 0 bridgehead atoms. The average molecular weight is 566 g/mol. The summed E-state index contributed by atoms with van der Waals surface area (Å²) < 4.78 is 70.9. The Morgan fingerprint density at radius 2 is 1.19 bits per heavy atom. The van der Waals surface area contributed by atoms with E-state index in [2.05, 4.69) is 4.72 Å². The molecule has 170 valence electrons. The van der Waals surface area contributed by atoms with Gasteiger partial charge in [0.1, 0.15) is 0 Å². The van der Waals surface area contributed by atoms with Crippen LogP contribution in [0.25, 0.3) is 0 Å². The molecule has 4 nitrogen and oxygen atoms in total. The second-order valence-corrected chi connectivity index (χ2v) is 9.94. The van der Waals surface area contributed by atoms with Crippen LogP contribution in [0.2, 0.25) is 25.1 Å². The van der Waals surface area contributed by atoms with Gasteiger partial charge < -0.3 is 4.74 Å². The smallest absolute Gasteiger partial charge is 0.416 e. The molecule has 0 heterocycles. The maximum Gasteiger partial charge on any atom is 0.416 e. The summed E-state index contributed by atoms with van der Waals surface area (Å²) in [5.74, 6) is -0.0310. The third-order valence-corrected chi connectivity index (χ3v) is 6.65. The summed E-state index contributed by atoms with van der Waals surface area (Å²) in [4.78, 5) is -0.391. The fourth-order valence-corrected chi connectivity index (χ4v) is 4.98. The van der Waals surface area contributed by atoms with Crippen LogP contribution in [0.15, 0.2) is 53.4 Å². The number of rotatable bonds is 5. The third-order valence-electron chi connectivity index (χ3n) is 3.91. The quantitative estimate of drug-likeness (QED) is 0.337. The highest BCUT2D eigenvalue weighted by molar-refractivity contribution is 7.92. The predicted molar refractivity (Wildman–Crippen MR) is 120 cm³/mol. The van der Waals surface area contributed by atoms with Gasteiger partial charge in [-0.05, 0) is 48.5 Å². The van der Waals surface area contributed by atoms with Crippen LogP contribution in [0, 0.1) is 0 Å². The van der Waals surface area contributed by atoms with E-state index in [1.807, 2.05) is 0 Å². The van der Waals surface area contributed by atoms with E-state index in [4.69, 9.17) is 62.7 Å². The first-order valence-electron chi connectivity index (χ1n) is 8.29. The summed E-state index contributed by atoms with van der Waals surface area (Å²) in [6, 6.07) is 8.14. The minimum atomic E-state index is -4.59. The van der Waals surface area contributed by atoms with Crippen molar-refractivity contribution in [3.8, 4) is 11.5 Å². The average Bonchev–Trinajstić information content (AvgIpc) is 2.65. The fraction of sp³-hybridized carbons (Fsp3) is 0.0526. The summed E-state index contributed by atoms with van der Waals surface area (Å²) in [5, 5.41) is 0.260. The van der Waals surface area contributed by atoms with Gasteiger partial charge in [0.15, 0.2) is 11.5 Å². The monoisotopic (exact) mass is 563 g/mol. The molecule has 3 aromatic rings. The number of anilines is 1. The van der Waals surface area contributed by atoms with Gasteiger partial charge in [0.2, 0.25) is 0 Å². The zero-order valence-electron chi connectivity index (χ0n) is 15.3. The molecule has 3 rings (SSSR count). The first-order valence-corrected chi connectivity index (χ1v) is 11.7. The van der Waals surface area contributed by atoms with Crippen LogP contribution in [0.5, 0.6) is 11.5 Å². The first-order chi connectivity index (χ1) is 14.8. The molecule has 32 heavy (non-hydrogen) atoms. The highest BCUT2D eigenvalue weighted by Gasteiger charge is 2.30. The number of halogens is 8. The highest BCUT2D eigenvalue weighted by atomic mass is 35.5. The van der Waals surface area contributed by atoms with Gasteiger partial charge in [-0.1, -0.05) is 58.0 Å². The number of hydrogen-bond acceptors (Lipinski definition) is 3. The number of nitrogens with one attached hydrogen (secondary N) is 1. The van der Waals surface area contributed by atoms with E-state index in [0.29, 0.717) is 12.1 Å². The molecule has 0 saturated heterocycles. The van der Waals surface area contributed by atoms with Gasteiger partial charge in [-0.25, -0.2) is 8.42 Å². The Morgan fingerprint density at radius 3 is 1.62 bits per heavy atom. The molecule has 13 heteroatoms. The maximum absolute atomic E-state index is 12.7. The molecule has 0 fully saturated rings. The molecule has 1 N–H and O–H groups in total. The van der Waals surface area contributed by atoms with Gasteiger partial charge in [0.05, 0.1) is 36.2 Å². The standard InChI is InChI=1S/C19H9Cl5F3NO3S/c20-10-5-13(21)17(14(22)6-10)31-18-15(23)7-11(8-16(18)24)28-32(29,30)12-3-1-9(2-4-12)19(25,26)27/h1-8,28H. The number of sulfonamides is 1. The second-order valence-electron chi connectivity index (χ2n) is 6.20. The molecular formula is C19H9Cl5F3NO3S. The first kappa shape index (κ1) is 25.1. The largest absolute Gasteiger partial charge is 0.451 e. The van der Waals surface area contributed by atoms with E-state index in [1.165, 1.54) is 24.3 Å². The zero-order valence-corrected chi connectivity index (χ0v) is 19.9. The fourth-order valence-electron chi connectivity index (χ4n) is 2.48. The van der Waals surface area contributed by atoms with E-state index in [1.54, 1.807) is 0 Å². The summed E-state index contributed by atoms with van der Waals surface area (Å²) in [6.07, 6.45) is -4.59. The molecule has 0 aliphatic rings. The normalized spacial score (nSPS) is 12.0. The minimum Gasteiger partial charge on any atom is -0.451 e. The van der Waals surface area contributed by atoms with Crippen molar-refractivity contribution in [1.82, 2.24) is 0 Å². The van der Waals surface area contributed by atoms with Gasteiger partial charge in [-0.2, -0.15) is 13.2 Å². The number of alkyl halides is 3. The van der Waals surface area contributed by atoms with Crippen molar-refractivity contribution in [1.29, 1.82) is 0 Å². The van der Waals surface area contributed by atoms with E-state index in [-0.39, 0.29) is 42.3 Å². The predicted octanol–water partition coefficient (Wildman–Crippen LogP) is 8.57. The maximum atomic E-state index is 12.7. The summed E-state index contributed by atoms with van der Waals surface area (Å²) in [6.45, 7) is 0. The van der Waals surface area contributed by atoms with Crippen LogP contribution in [-0.2, 0) is 16.2 Å². The molecule has 0 aliphatic heterocycles. The lowest BCUT2D eigenvalue weighted by Crippen LogP contribution is -2.14. The highest BCUT2D eigenvalue weighted by Crippen LogP contribution is 2.44. The van der Waals surface area contributed by atoms with Crippen molar-refractivity contribution in [3.05, 3.63) is 79.2 Å². The lowest BCUT2D eigenvalue weighted by Gasteiger charge is -2.15. The summed E-state index contributed by atoms with van der Waals surface area (Å²) in [5.41, 5.74) is -1.04. The molecule has 0 radical (unpaired) electrons. The van der Waals surface area contributed by atoms with Gasteiger partial charge in [-0.3, -0.25) is 4.72 Å². The van der Waals surface area contributed by atoms with Crippen molar-refractivity contribution in [2.24, 2.45) is 0 Å². The molecule has 0 aliphatic carbocycles. The van der Waals surface area contributed by atoms with E-state index in [9.17, 15) is 21.6 Å². The van der Waals surface area contributed by atoms with Crippen LogP contribution < -0.4 is 9.46 Å². The Morgan fingerprint density at radius 1 is 0.750 bits per heavy atom. The molecule has 0 spiro atoms. The molecule has 3 aromatic carbocycles. The molecule has 0 amide bonds. The molecule has 0 saturated carbocycles. The molecule has 0 unspecified atom stereocenters. The number of benzene rings is 3. The van der Waals surface area contributed by atoms with Gasteiger partial charge >= 0.3 is 6.18 Å². The number of ether oxygens (including phenoxy) is 1. The Labute approximate surface area is 205 Å². The SMILES string of the molecule is O=S(=O)(Nc1cc(Cl)c(Oc2c(Cl)cc(Cl)cc2Cl)c(Cl)c1)c1ccc(C(F)(F)F)cc1. The van der Waals surface area contributed by atoms with Crippen LogP contribution in [0.4, 0.5) is 18.9 Å². The molecule has 0 aromatic heterocycles. The van der Waals surface area contributed by atoms with Crippen molar-refractivity contribution in [2.45, 2.75) is 11.1 Å². The van der Waals surface area contributed by atoms with E-state index >= 15 is 0 Å². The van der Waals surface area contributed by atoms with E-state index < -0.39 is 26.7 Å². The molecular weight excluding hydrogens is 557 g/mol. The lowest BCUT2D eigenvalue weighted by atomic mass is 10.2. The van der Waals surface area contributed by atoms with Crippen molar-refractivity contribution < 1.29 is 26.3 Å². The lowest BCUT2D eigenvalue weighted by molar-refractivity contribution is -0.137. The third kappa shape index (κ3) is 5.68. The Hall–Kier alpha value is -1.55. The van der Waals surface area contributed by atoms with Crippen LogP contribution in [0.3, 0.4) is 0 Å². The van der Waals surface area contributed by atoms with Gasteiger partial charge in [-0.15, -0.1) is 0 Å². The van der Waals surface area contributed by atoms with Crippen molar-refractivity contribution in [3.63, 3.8) is 0 Å². The zero-order chi connectivity index (χ0) is 23.8. The minimum absolute atomic E-state index is 0.0274. The Bertz CT molecular complexity index is 1240. The van der Waals surface area contributed by atoms with Crippen molar-refractivity contribution in [2.75, 3.05) is 4.72 Å². The van der Waals surface area contributed by atoms with E-state index in [0.717, 1.165) is 12.1 Å². The van der Waals surface area contributed by atoms with Gasteiger partial charge in [0, 0.05) is 5.02 Å². The summed E-state index contributed by atoms with van der Waals surface area (Å²) >= 11 is 30.4. The van der Waals surface area contributed by atoms with Crippen LogP contribution in [0.1, 0.15) is 5.56 Å².